The van der Waals surface area contributed by atoms with Gasteiger partial charge in [0.15, 0.2) is 0 Å². The molecule has 2 heterocycles. The summed E-state index contributed by atoms with van der Waals surface area (Å²) in [6.45, 7) is 3.25. The lowest BCUT2D eigenvalue weighted by atomic mass is 10.0. The third-order valence-corrected chi connectivity index (χ3v) is 6.27. The summed E-state index contributed by atoms with van der Waals surface area (Å²) in [5.41, 5.74) is 0.821. The molecule has 0 radical (unpaired) electrons. The maximum absolute atomic E-state index is 13.2. The molecule has 0 aromatic heterocycles. The molecule has 0 bridgehead atoms. The predicted octanol–water partition coefficient (Wildman–Crippen LogP) is 4.99. The molecule has 1 aromatic carbocycles. The minimum Gasteiger partial charge on any atom is -0.332 e. The van der Waals surface area contributed by atoms with Gasteiger partial charge in [-0.2, -0.15) is 18.3 Å². The van der Waals surface area contributed by atoms with Crippen molar-refractivity contribution >= 4 is 29.2 Å². The molecule has 3 unspecified atom stereocenters. The minimum absolute atomic E-state index is 0.0459. The van der Waals surface area contributed by atoms with Crippen molar-refractivity contribution in [3.63, 3.8) is 0 Å². The van der Waals surface area contributed by atoms with Gasteiger partial charge in [-0.1, -0.05) is 37.6 Å². The van der Waals surface area contributed by atoms with Gasteiger partial charge in [0.1, 0.15) is 17.8 Å². The zero-order valence-electron chi connectivity index (χ0n) is 14.3. The standard InChI is InChI=1S/C17H21ClF3N3S/c1-10(2)8-13-14-15(22-23(13)3)24(9-17(19,20)21)16(25-14)11-4-6-12(18)7-5-11/h4-7,10,13-14,16H,8-9H2,1-3H3. The summed E-state index contributed by atoms with van der Waals surface area (Å²) in [4.78, 5) is 1.40. The summed E-state index contributed by atoms with van der Waals surface area (Å²) < 4.78 is 39.5. The molecule has 0 aliphatic carbocycles. The molecule has 0 N–H and O–H groups in total. The third-order valence-electron chi connectivity index (χ3n) is 4.41. The number of rotatable bonds is 4. The van der Waals surface area contributed by atoms with Gasteiger partial charge >= 0.3 is 6.18 Å². The van der Waals surface area contributed by atoms with E-state index in [1.807, 2.05) is 12.1 Å². The molecule has 1 fully saturated rings. The highest BCUT2D eigenvalue weighted by Gasteiger charge is 2.51. The Morgan fingerprint density at radius 3 is 2.44 bits per heavy atom. The first kappa shape index (κ1) is 18.7. The Balaban J connectivity index is 1.92. The zero-order valence-corrected chi connectivity index (χ0v) is 15.9. The average molecular weight is 392 g/mol. The molecule has 0 amide bonds. The second-order valence-electron chi connectivity index (χ2n) is 6.93. The highest BCUT2D eigenvalue weighted by atomic mass is 35.5. The number of alkyl halides is 3. The van der Waals surface area contributed by atoms with Gasteiger partial charge in [0.25, 0.3) is 0 Å². The van der Waals surface area contributed by atoms with Crippen molar-refractivity contribution < 1.29 is 13.2 Å². The van der Waals surface area contributed by atoms with E-state index in [2.05, 4.69) is 18.9 Å². The lowest BCUT2D eigenvalue weighted by Gasteiger charge is -2.28. The molecule has 3 nitrogen and oxygen atoms in total. The second-order valence-corrected chi connectivity index (χ2v) is 8.60. The third kappa shape index (κ3) is 4.03. The number of halogens is 4. The number of nitrogens with zero attached hydrogens (tertiary/aromatic N) is 3. The largest absolute Gasteiger partial charge is 0.406 e. The first-order valence-electron chi connectivity index (χ1n) is 8.21. The normalized spacial score (nSPS) is 26.4. The molecule has 3 atom stereocenters. The highest BCUT2D eigenvalue weighted by molar-refractivity contribution is 8.01. The molecule has 2 aliphatic rings. The second kappa shape index (κ2) is 6.91. The van der Waals surface area contributed by atoms with E-state index in [-0.39, 0.29) is 11.3 Å². The molecule has 138 valence electrons. The first-order valence-corrected chi connectivity index (χ1v) is 9.53. The molecule has 1 saturated heterocycles. The van der Waals surface area contributed by atoms with Crippen LogP contribution in [0.25, 0.3) is 0 Å². The van der Waals surface area contributed by atoms with Crippen molar-refractivity contribution in [1.82, 2.24) is 9.91 Å². The Morgan fingerprint density at radius 2 is 1.88 bits per heavy atom. The average Bonchev–Trinajstić information content (AvgIpc) is 2.96. The molecule has 1 aromatic rings. The van der Waals surface area contributed by atoms with Crippen LogP contribution in [0.2, 0.25) is 5.02 Å². The van der Waals surface area contributed by atoms with Gasteiger partial charge < -0.3 is 4.90 Å². The van der Waals surface area contributed by atoms with Crippen LogP contribution in [0.3, 0.4) is 0 Å². The van der Waals surface area contributed by atoms with E-state index < -0.39 is 18.1 Å². The van der Waals surface area contributed by atoms with E-state index in [9.17, 15) is 13.2 Å². The van der Waals surface area contributed by atoms with Crippen molar-refractivity contribution in [3.8, 4) is 0 Å². The van der Waals surface area contributed by atoms with Crippen LogP contribution in [-0.4, -0.2) is 46.8 Å². The van der Waals surface area contributed by atoms with Gasteiger partial charge in [0.2, 0.25) is 0 Å². The predicted molar refractivity (Wildman–Crippen MR) is 96.8 cm³/mol. The van der Waals surface area contributed by atoms with Gasteiger partial charge in [0, 0.05) is 12.1 Å². The quantitative estimate of drug-likeness (QED) is 0.720. The van der Waals surface area contributed by atoms with Gasteiger partial charge in [-0.15, -0.1) is 11.8 Å². The Kier molecular flexibility index (Phi) is 5.17. The molecule has 3 rings (SSSR count). The number of hydrogen-bond donors (Lipinski definition) is 0. The summed E-state index contributed by atoms with van der Waals surface area (Å²) in [5, 5.41) is 6.43. The Bertz CT molecular complexity index is 648. The summed E-state index contributed by atoms with van der Waals surface area (Å²) in [7, 11) is 1.85. The topological polar surface area (TPSA) is 18.8 Å². The lowest BCUT2D eigenvalue weighted by molar-refractivity contribution is -0.138. The van der Waals surface area contributed by atoms with E-state index in [1.54, 1.807) is 36.0 Å². The van der Waals surface area contributed by atoms with Gasteiger partial charge in [-0.05, 0) is 30.0 Å². The Morgan fingerprint density at radius 1 is 1.24 bits per heavy atom. The van der Waals surface area contributed by atoms with Gasteiger partial charge in [-0.3, -0.25) is 5.01 Å². The van der Waals surface area contributed by atoms with Gasteiger partial charge in [0.05, 0.1) is 11.3 Å². The number of amidine groups is 1. The number of hydrogen-bond acceptors (Lipinski definition) is 4. The van der Waals surface area contributed by atoms with Crippen LogP contribution in [0.5, 0.6) is 0 Å². The molecular weight excluding hydrogens is 371 g/mol. The Labute approximate surface area is 155 Å². The van der Waals surface area contributed by atoms with Crippen LogP contribution in [0.4, 0.5) is 13.2 Å². The fraction of sp³-hybridized carbons (Fsp3) is 0.588. The fourth-order valence-corrected chi connectivity index (χ4v) is 5.19. The van der Waals surface area contributed by atoms with Crippen molar-refractivity contribution in [2.45, 2.75) is 43.1 Å². The number of benzene rings is 1. The van der Waals surface area contributed by atoms with Gasteiger partial charge in [-0.25, -0.2) is 0 Å². The minimum atomic E-state index is -4.28. The maximum Gasteiger partial charge on any atom is 0.406 e. The summed E-state index contributed by atoms with van der Waals surface area (Å²) in [6, 6.07) is 7.15. The van der Waals surface area contributed by atoms with E-state index in [1.165, 1.54) is 4.90 Å². The molecule has 8 heteroatoms. The molecule has 0 spiro atoms. The van der Waals surface area contributed by atoms with Crippen LogP contribution in [0.1, 0.15) is 31.2 Å². The van der Waals surface area contributed by atoms with Crippen LogP contribution < -0.4 is 0 Å². The molecule has 0 saturated carbocycles. The van der Waals surface area contributed by atoms with Crippen LogP contribution in [0.15, 0.2) is 29.4 Å². The molecular formula is C17H21ClF3N3S. The molecule has 25 heavy (non-hydrogen) atoms. The molecule has 2 aliphatic heterocycles. The highest BCUT2D eigenvalue weighted by Crippen LogP contribution is 2.49. The summed E-state index contributed by atoms with van der Waals surface area (Å²) >= 11 is 7.48. The number of fused-ring (bicyclic) bond motifs is 1. The monoisotopic (exact) mass is 391 g/mol. The van der Waals surface area contributed by atoms with Crippen molar-refractivity contribution in [2.24, 2.45) is 11.0 Å². The van der Waals surface area contributed by atoms with Crippen LogP contribution in [0, 0.1) is 5.92 Å². The lowest BCUT2D eigenvalue weighted by Crippen LogP contribution is -2.39. The van der Waals surface area contributed by atoms with Crippen molar-refractivity contribution in [2.75, 3.05) is 13.6 Å². The smallest absolute Gasteiger partial charge is 0.332 e. The SMILES string of the molecule is CC(C)CC1C2SC(c3ccc(Cl)cc3)N(CC(F)(F)F)C2=NN1C. The van der Waals surface area contributed by atoms with E-state index in [0.29, 0.717) is 16.8 Å². The summed E-state index contributed by atoms with van der Waals surface area (Å²) in [5.74, 6) is 0.990. The van der Waals surface area contributed by atoms with E-state index in [4.69, 9.17) is 11.6 Å². The summed E-state index contributed by atoms with van der Waals surface area (Å²) in [6.07, 6.45) is -3.38. The fourth-order valence-electron chi connectivity index (χ4n) is 3.37. The Hall–Kier alpha value is -1.08. The maximum atomic E-state index is 13.2. The van der Waals surface area contributed by atoms with Crippen LogP contribution >= 0.6 is 23.4 Å². The van der Waals surface area contributed by atoms with Crippen molar-refractivity contribution in [3.05, 3.63) is 34.9 Å². The first-order chi connectivity index (χ1) is 11.7. The number of hydrazone groups is 1. The van der Waals surface area contributed by atoms with E-state index in [0.717, 1.165) is 12.0 Å². The van der Waals surface area contributed by atoms with Crippen LogP contribution in [-0.2, 0) is 0 Å². The zero-order chi connectivity index (χ0) is 18.4. The van der Waals surface area contributed by atoms with E-state index >= 15 is 0 Å². The van der Waals surface area contributed by atoms with Crippen molar-refractivity contribution in [1.29, 1.82) is 0 Å². The number of thioether (sulfide) groups is 1.